The van der Waals surface area contributed by atoms with E-state index < -0.39 is 0 Å². The molecule has 0 aromatic heterocycles. The summed E-state index contributed by atoms with van der Waals surface area (Å²) in [4.78, 5) is 2.53. The zero-order chi connectivity index (χ0) is 17.7. The fourth-order valence-electron chi connectivity index (χ4n) is 4.12. The van der Waals surface area contributed by atoms with Crippen LogP contribution < -0.4 is 4.74 Å². The summed E-state index contributed by atoms with van der Waals surface area (Å²) in [6.07, 6.45) is 7.25. The highest BCUT2D eigenvalue weighted by molar-refractivity contribution is 5.32. The van der Waals surface area contributed by atoms with Gasteiger partial charge in [-0.2, -0.15) is 0 Å². The lowest BCUT2D eigenvalue weighted by atomic mass is 10.00. The van der Waals surface area contributed by atoms with Gasteiger partial charge in [0.05, 0.1) is 5.60 Å². The summed E-state index contributed by atoms with van der Waals surface area (Å²) >= 11 is 0. The number of hydrogen-bond acceptors (Lipinski definition) is 3. The molecule has 0 atom stereocenters. The largest absolute Gasteiger partial charge is 0.457 e. The van der Waals surface area contributed by atoms with E-state index in [1.165, 1.54) is 57.3 Å². The van der Waals surface area contributed by atoms with Gasteiger partial charge in [0.15, 0.2) is 0 Å². The first-order valence-electron chi connectivity index (χ1n) is 10.00. The van der Waals surface area contributed by atoms with Crippen LogP contribution in [0.3, 0.4) is 0 Å². The van der Waals surface area contributed by atoms with Crippen LogP contribution in [0.15, 0.2) is 54.6 Å². The van der Waals surface area contributed by atoms with Crippen LogP contribution in [0.2, 0.25) is 0 Å². The number of piperidine rings is 1. The molecule has 2 aromatic carbocycles. The predicted octanol–water partition coefficient (Wildman–Crippen LogP) is 5.06. The molecule has 3 heteroatoms. The molecule has 3 nitrogen and oxygen atoms in total. The van der Waals surface area contributed by atoms with Gasteiger partial charge in [0.2, 0.25) is 0 Å². The number of ether oxygens (including phenoxy) is 2. The first kappa shape index (κ1) is 17.6. The van der Waals surface area contributed by atoms with Crippen molar-refractivity contribution < 1.29 is 9.47 Å². The summed E-state index contributed by atoms with van der Waals surface area (Å²) in [7, 11) is 0. The van der Waals surface area contributed by atoms with Gasteiger partial charge in [-0.3, -0.25) is 0 Å². The van der Waals surface area contributed by atoms with Crippen LogP contribution in [-0.2, 0) is 11.2 Å². The monoisotopic (exact) mass is 351 g/mol. The molecule has 0 aliphatic carbocycles. The van der Waals surface area contributed by atoms with E-state index in [2.05, 4.69) is 29.2 Å². The molecule has 0 unspecified atom stereocenters. The maximum atomic E-state index is 6.25. The Bertz CT molecular complexity index is 675. The van der Waals surface area contributed by atoms with Crippen LogP contribution in [0.5, 0.6) is 11.5 Å². The van der Waals surface area contributed by atoms with E-state index in [4.69, 9.17) is 9.47 Å². The number of benzene rings is 2. The number of para-hydroxylation sites is 1. The van der Waals surface area contributed by atoms with Gasteiger partial charge in [-0.05, 0) is 61.9 Å². The Morgan fingerprint density at radius 3 is 2.23 bits per heavy atom. The van der Waals surface area contributed by atoms with E-state index in [-0.39, 0.29) is 5.60 Å². The lowest BCUT2D eigenvalue weighted by Crippen LogP contribution is -2.31. The van der Waals surface area contributed by atoms with Gasteiger partial charge in [-0.25, -0.2) is 0 Å². The van der Waals surface area contributed by atoms with Crippen molar-refractivity contribution in [2.24, 2.45) is 0 Å². The SMILES string of the molecule is c1ccc(Oc2ccc(CCCCCOC34CCN(CC3)C4)cc2)cc1. The van der Waals surface area contributed by atoms with Crippen molar-refractivity contribution in [2.75, 3.05) is 26.2 Å². The van der Waals surface area contributed by atoms with E-state index in [9.17, 15) is 0 Å². The molecule has 2 fully saturated rings. The van der Waals surface area contributed by atoms with Gasteiger partial charge < -0.3 is 14.4 Å². The first-order valence-corrected chi connectivity index (χ1v) is 10.00. The molecular formula is C23H29NO2. The molecule has 2 heterocycles. The van der Waals surface area contributed by atoms with E-state index in [1.807, 2.05) is 30.3 Å². The molecule has 2 aliphatic heterocycles. The Morgan fingerprint density at radius 1 is 0.808 bits per heavy atom. The number of aryl methyl sites for hydroxylation is 1. The molecule has 2 aliphatic rings. The van der Waals surface area contributed by atoms with E-state index in [0.29, 0.717) is 0 Å². The molecule has 2 bridgehead atoms. The van der Waals surface area contributed by atoms with Crippen LogP contribution >= 0.6 is 0 Å². The molecule has 4 rings (SSSR count). The lowest BCUT2D eigenvalue weighted by Gasteiger charge is -2.25. The molecular weight excluding hydrogens is 322 g/mol. The van der Waals surface area contributed by atoms with Crippen LogP contribution in [0.25, 0.3) is 0 Å². The highest BCUT2D eigenvalue weighted by Crippen LogP contribution is 2.35. The number of fused-ring (bicyclic) bond motifs is 2. The second-order valence-electron chi connectivity index (χ2n) is 7.68. The average Bonchev–Trinajstić information content (AvgIpc) is 3.28. The summed E-state index contributed by atoms with van der Waals surface area (Å²) in [5.41, 5.74) is 1.60. The van der Waals surface area contributed by atoms with Gasteiger partial charge >= 0.3 is 0 Å². The van der Waals surface area contributed by atoms with E-state index in [0.717, 1.165) is 24.5 Å². The minimum absolute atomic E-state index is 0.217. The molecule has 2 saturated heterocycles. The lowest BCUT2D eigenvalue weighted by molar-refractivity contribution is -0.0271. The summed E-state index contributed by atoms with van der Waals surface area (Å²) in [6, 6.07) is 18.4. The minimum Gasteiger partial charge on any atom is -0.457 e. The Balaban J connectivity index is 1.13. The Morgan fingerprint density at radius 2 is 1.54 bits per heavy atom. The second-order valence-corrected chi connectivity index (χ2v) is 7.68. The zero-order valence-electron chi connectivity index (χ0n) is 15.5. The van der Waals surface area contributed by atoms with Gasteiger partial charge in [-0.1, -0.05) is 36.8 Å². The van der Waals surface area contributed by atoms with Crippen molar-refractivity contribution in [3.8, 4) is 11.5 Å². The molecule has 138 valence electrons. The molecule has 26 heavy (non-hydrogen) atoms. The Labute approximate surface area is 156 Å². The number of hydrogen-bond donors (Lipinski definition) is 0. The van der Waals surface area contributed by atoms with Crippen LogP contribution in [0, 0.1) is 0 Å². The maximum Gasteiger partial charge on any atom is 0.127 e. The zero-order valence-corrected chi connectivity index (χ0v) is 15.5. The third-order valence-electron chi connectivity index (χ3n) is 5.70. The van der Waals surface area contributed by atoms with Gasteiger partial charge in [-0.15, -0.1) is 0 Å². The van der Waals surface area contributed by atoms with Gasteiger partial charge in [0.25, 0.3) is 0 Å². The van der Waals surface area contributed by atoms with Crippen molar-refractivity contribution in [1.82, 2.24) is 4.90 Å². The smallest absolute Gasteiger partial charge is 0.127 e. The van der Waals surface area contributed by atoms with Crippen LogP contribution in [0.4, 0.5) is 0 Å². The van der Waals surface area contributed by atoms with Gasteiger partial charge in [0.1, 0.15) is 11.5 Å². The van der Waals surface area contributed by atoms with Crippen molar-refractivity contribution in [1.29, 1.82) is 0 Å². The van der Waals surface area contributed by atoms with Crippen molar-refractivity contribution >= 4 is 0 Å². The molecule has 0 spiro atoms. The highest BCUT2D eigenvalue weighted by atomic mass is 16.5. The first-order chi connectivity index (χ1) is 12.8. The third kappa shape index (κ3) is 4.46. The molecule has 0 N–H and O–H groups in total. The fraction of sp³-hybridized carbons (Fsp3) is 0.478. The third-order valence-corrected chi connectivity index (χ3v) is 5.70. The minimum atomic E-state index is 0.217. The van der Waals surface area contributed by atoms with Crippen LogP contribution in [0.1, 0.15) is 37.7 Å². The number of nitrogens with zero attached hydrogens (tertiary/aromatic N) is 1. The van der Waals surface area contributed by atoms with Crippen molar-refractivity contribution in [3.05, 3.63) is 60.2 Å². The van der Waals surface area contributed by atoms with E-state index >= 15 is 0 Å². The number of unbranched alkanes of at least 4 members (excludes halogenated alkanes) is 2. The molecule has 2 aromatic rings. The van der Waals surface area contributed by atoms with E-state index in [1.54, 1.807) is 0 Å². The Kier molecular flexibility index (Phi) is 5.57. The quantitative estimate of drug-likeness (QED) is 0.590. The molecule has 0 amide bonds. The summed E-state index contributed by atoms with van der Waals surface area (Å²) < 4.78 is 12.1. The Hall–Kier alpha value is -1.84. The van der Waals surface area contributed by atoms with Crippen LogP contribution in [-0.4, -0.2) is 36.7 Å². The molecule has 0 radical (unpaired) electrons. The standard InChI is InChI=1S/C23H29NO2/c1-4-8-21(9-5-1)26-22-12-10-20(11-13-22)7-3-2-6-18-25-23-14-16-24(19-23)17-15-23/h1,4-5,8-13H,2-3,6-7,14-19H2. The summed E-state index contributed by atoms with van der Waals surface area (Å²) in [5.74, 6) is 1.78. The summed E-state index contributed by atoms with van der Waals surface area (Å²) in [6.45, 7) is 4.58. The number of rotatable bonds is 9. The predicted molar refractivity (Wildman–Crippen MR) is 105 cm³/mol. The second kappa shape index (κ2) is 8.24. The highest BCUT2D eigenvalue weighted by Gasteiger charge is 2.44. The fourth-order valence-corrected chi connectivity index (χ4v) is 4.12. The maximum absolute atomic E-state index is 6.25. The average molecular weight is 351 g/mol. The summed E-state index contributed by atoms with van der Waals surface area (Å²) in [5, 5.41) is 0. The molecule has 0 saturated carbocycles. The van der Waals surface area contributed by atoms with Crippen molar-refractivity contribution in [3.63, 3.8) is 0 Å². The topological polar surface area (TPSA) is 21.7 Å². The van der Waals surface area contributed by atoms with Gasteiger partial charge in [0, 0.05) is 26.2 Å². The van der Waals surface area contributed by atoms with Crippen molar-refractivity contribution in [2.45, 2.75) is 44.1 Å². The normalized spacial score (nSPS) is 24.1.